The first-order valence-corrected chi connectivity index (χ1v) is 6.67. The monoisotopic (exact) mass is 282 g/mol. The third-order valence-corrected chi connectivity index (χ3v) is 4.05. The summed E-state index contributed by atoms with van der Waals surface area (Å²) in [5.74, 6) is -0.266. The second-order valence-corrected chi connectivity index (χ2v) is 5.39. The summed E-state index contributed by atoms with van der Waals surface area (Å²) >= 11 is 7.39. The van der Waals surface area contributed by atoms with Gasteiger partial charge in [-0.05, 0) is 36.8 Å². The van der Waals surface area contributed by atoms with Crippen molar-refractivity contribution in [2.75, 3.05) is 0 Å². The molecule has 1 N–H and O–H groups in total. The fourth-order valence-corrected chi connectivity index (χ4v) is 2.65. The molecule has 0 unspecified atom stereocenters. The first-order chi connectivity index (χ1) is 8.58. The van der Waals surface area contributed by atoms with Crippen molar-refractivity contribution in [2.24, 2.45) is 0 Å². The van der Waals surface area contributed by atoms with E-state index in [1.54, 1.807) is 43.3 Å². The lowest BCUT2D eigenvalue weighted by atomic mass is 10.1. The van der Waals surface area contributed by atoms with E-state index in [4.69, 9.17) is 11.6 Å². The lowest BCUT2D eigenvalue weighted by Crippen LogP contribution is -1.91. The Hall–Kier alpha value is -1.03. The summed E-state index contributed by atoms with van der Waals surface area (Å²) in [5.41, 5.74) is 0.748. The van der Waals surface area contributed by atoms with Crippen molar-refractivity contribution < 1.29 is 9.50 Å². The van der Waals surface area contributed by atoms with Crippen molar-refractivity contribution >= 4 is 23.4 Å². The van der Waals surface area contributed by atoms with E-state index >= 15 is 0 Å². The minimum Gasteiger partial charge on any atom is -0.389 e. The van der Waals surface area contributed by atoms with E-state index < -0.39 is 6.10 Å². The van der Waals surface area contributed by atoms with Gasteiger partial charge in [0.15, 0.2) is 0 Å². The predicted octanol–water partition coefficient (Wildman–Crippen LogP) is 4.68. The molecule has 0 aliphatic rings. The first kappa shape index (κ1) is 13.4. The topological polar surface area (TPSA) is 20.2 Å². The number of aliphatic hydroxyl groups is 1. The van der Waals surface area contributed by atoms with Gasteiger partial charge in [0.1, 0.15) is 5.82 Å². The van der Waals surface area contributed by atoms with E-state index in [0.717, 1.165) is 10.5 Å². The maximum atomic E-state index is 13.5. The highest BCUT2D eigenvalue weighted by Gasteiger charge is 2.09. The number of benzene rings is 2. The van der Waals surface area contributed by atoms with Crippen LogP contribution in [0.3, 0.4) is 0 Å². The average Bonchev–Trinajstić information content (AvgIpc) is 2.34. The number of hydrogen-bond donors (Lipinski definition) is 1. The van der Waals surface area contributed by atoms with Crippen LogP contribution in [0.4, 0.5) is 4.39 Å². The molecular weight excluding hydrogens is 271 g/mol. The Balaban J connectivity index is 2.28. The van der Waals surface area contributed by atoms with Crippen LogP contribution in [0.5, 0.6) is 0 Å². The van der Waals surface area contributed by atoms with Crippen LogP contribution in [0, 0.1) is 5.82 Å². The molecule has 0 amide bonds. The summed E-state index contributed by atoms with van der Waals surface area (Å²) in [6.07, 6.45) is -0.560. The molecule has 0 heterocycles. The van der Waals surface area contributed by atoms with E-state index in [1.165, 1.54) is 17.8 Å². The third-order valence-electron chi connectivity index (χ3n) is 2.49. The van der Waals surface area contributed by atoms with Gasteiger partial charge in [-0.15, -0.1) is 0 Å². The van der Waals surface area contributed by atoms with Gasteiger partial charge in [0.25, 0.3) is 0 Å². The summed E-state index contributed by atoms with van der Waals surface area (Å²) < 4.78 is 13.5. The van der Waals surface area contributed by atoms with Crippen LogP contribution in [-0.2, 0) is 0 Å². The Labute approximate surface area is 115 Å². The first-order valence-electron chi connectivity index (χ1n) is 5.48. The zero-order valence-electron chi connectivity index (χ0n) is 9.73. The van der Waals surface area contributed by atoms with Crippen LogP contribution in [0.1, 0.15) is 18.6 Å². The van der Waals surface area contributed by atoms with Crippen LogP contribution in [0.25, 0.3) is 0 Å². The van der Waals surface area contributed by atoms with Crippen molar-refractivity contribution in [1.29, 1.82) is 0 Å². The molecule has 0 saturated carbocycles. The van der Waals surface area contributed by atoms with Gasteiger partial charge in [0.2, 0.25) is 0 Å². The molecule has 18 heavy (non-hydrogen) atoms. The van der Waals surface area contributed by atoms with E-state index in [0.29, 0.717) is 9.92 Å². The lowest BCUT2D eigenvalue weighted by Gasteiger charge is -2.09. The van der Waals surface area contributed by atoms with Gasteiger partial charge in [-0.3, -0.25) is 0 Å². The van der Waals surface area contributed by atoms with Crippen LogP contribution >= 0.6 is 23.4 Å². The van der Waals surface area contributed by atoms with Crippen molar-refractivity contribution in [1.82, 2.24) is 0 Å². The largest absolute Gasteiger partial charge is 0.389 e. The molecule has 0 radical (unpaired) electrons. The summed E-state index contributed by atoms with van der Waals surface area (Å²) in [6, 6.07) is 11.8. The van der Waals surface area contributed by atoms with Gasteiger partial charge in [-0.2, -0.15) is 0 Å². The Bertz CT molecular complexity index is 557. The van der Waals surface area contributed by atoms with E-state index in [2.05, 4.69) is 0 Å². The quantitative estimate of drug-likeness (QED) is 0.882. The second-order valence-electron chi connectivity index (χ2n) is 3.90. The van der Waals surface area contributed by atoms with Crippen LogP contribution in [0.15, 0.2) is 52.3 Å². The Kier molecular flexibility index (Phi) is 4.27. The molecule has 0 aliphatic carbocycles. The predicted molar refractivity (Wildman–Crippen MR) is 72.6 cm³/mol. The fraction of sp³-hybridized carbons (Fsp3) is 0.143. The highest BCUT2D eigenvalue weighted by molar-refractivity contribution is 7.99. The van der Waals surface area contributed by atoms with Gasteiger partial charge >= 0.3 is 0 Å². The zero-order chi connectivity index (χ0) is 13.1. The SMILES string of the molecule is C[C@@H](O)c1ccc(Sc2ccccc2F)c(Cl)c1. The summed E-state index contributed by atoms with van der Waals surface area (Å²) in [7, 11) is 0. The summed E-state index contributed by atoms with van der Waals surface area (Å²) in [5, 5.41) is 9.96. The Morgan fingerprint density at radius 1 is 1.17 bits per heavy atom. The molecule has 0 bridgehead atoms. The van der Waals surface area contributed by atoms with E-state index in [1.807, 2.05) is 0 Å². The van der Waals surface area contributed by atoms with Gasteiger partial charge < -0.3 is 5.11 Å². The zero-order valence-corrected chi connectivity index (χ0v) is 11.3. The minimum absolute atomic E-state index is 0.266. The Morgan fingerprint density at radius 3 is 2.50 bits per heavy atom. The van der Waals surface area contributed by atoms with Crippen LogP contribution in [0.2, 0.25) is 5.02 Å². The molecule has 2 aromatic carbocycles. The highest BCUT2D eigenvalue weighted by atomic mass is 35.5. The number of hydrogen-bond acceptors (Lipinski definition) is 2. The molecular formula is C14H12ClFOS. The van der Waals surface area contributed by atoms with Crippen molar-refractivity contribution in [3.63, 3.8) is 0 Å². The van der Waals surface area contributed by atoms with Crippen molar-refractivity contribution in [3.05, 3.63) is 58.9 Å². The molecule has 0 aliphatic heterocycles. The molecule has 0 aromatic heterocycles. The second kappa shape index (κ2) is 5.74. The van der Waals surface area contributed by atoms with Crippen molar-refractivity contribution in [2.45, 2.75) is 22.8 Å². The maximum Gasteiger partial charge on any atom is 0.137 e. The Morgan fingerprint density at radius 2 is 1.89 bits per heavy atom. The van der Waals surface area contributed by atoms with Gasteiger partial charge in [-0.1, -0.05) is 41.6 Å². The lowest BCUT2D eigenvalue weighted by molar-refractivity contribution is 0.199. The normalized spacial score (nSPS) is 12.4. The highest BCUT2D eigenvalue weighted by Crippen LogP contribution is 2.35. The number of aliphatic hydroxyl groups excluding tert-OH is 1. The molecule has 0 saturated heterocycles. The van der Waals surface area contributed by atoms with Crippen molar-refractivity contribution in [3.8, 4) is 0 Å². The molecule has 1 nitrogen and oxygen atoms in total. The molecule has 94 valence electrons. The third kappa shape index (κ3) is 3.05. The summed E-state index contributed by atoms with van der Waals surface area (Å²) in [4.78, 5) is 1.30. The van der Waals surface area contributed by atoms with Gasteiger partial charge in [0.05, 0.1) is 11.1 Å². The van der Waals surface area contributed by atoms with Crippen LogP contribution in [-0.4, -0.2) is 5.11 Å². The molecule has 2 aromatic rings. The molecule has 0 fully saturated rings. The summed E-state index contributed by atoms with van der Waals surface area (Å²) in [6.45, 7) is 1.68. The molecule has 0 spiro atoms. The van der Waals surface area contributed by atoms with E-state index in [9.17, 15) is 9.50 Å². The number of rotatable bonds is 3. The number of halogens is 2. The van der Waals surface area contributed by atoms with Gasteiger partial charge in [-0.25, -0.2) is 4.39 Å². The minimum atomic E-state index is -0.560. The fourth-order valence-electron chi connectivity index (χ4n) is 1.51. The maximum absolute atomic E-state index is 13.5. The smallest absolute Gasteiger partial charge is 0.137 e. The average molecular weight is 283 g/mol. The molecule has 1 atom stereocenters. The standard InChI is InChI=1S/C14H12ClFOS/c1-9(17)10-6-7-13(11(15)8-10)18-14-5-3-2-4-12(14)16/h2-9,17H,1H3/t9-/m1/s1. The molecule has 2 rings (SSSR count). The van der Waals surface area contributed by atoms with E-state index in [-0.39, 0.29) is 5.82 Å². The van der Waals surface area contributed by atoms with Crippen LogP contribution < -0.4 is 0 Å². The van der Waals surface area contributed by atoms with Gasteiger partial charge in [0, 0.05) is 9.79 Å². The molecule has 4 heteroatoms.